The van der Waals surface area contributed by atoms with Gasteiger partial charge in [-0.05, 0) is 30.3 Å². The van der Waals surface area contributed by atoms with Gasteiger partial charge >= 0.3 is 0 Å². The van der Waals surface area contributed by atoms with E-state index in [-0.39, 0.29) is 0 Å². The molecule has 0 saturated heterocycles. The van der Waals surface area contributed by atoms with Crippen LogP contribution in [0, 0.1) is 0 Å². The number of rotatable bonds is 3. The molecule has 0 fully saturated rings. The van der Waals surface area contributed by atoms with Crippen molar-refractivity contribution in [2.75, 3.05) is 0 Å². The highest BCUT2D eigenvalue weighted by Gasteiger charge is 2.46. The fourth-order valence-corrected chi connectivity index (χ4v) is 6.61. The Morgan fingerprint density at radius 1 is 0.684 bits per heavy atom. The number of hydrogen-bond donors (Lipinski definition) is 0. The topological polar surface area (TPSA) is 13.1 Å². The third-order valence-electron chi connectivity index (χ3n) is 3.03. The van der Waals surface area contributed by atoms with E-state index < -0.39 is 5.96 Å². The van der Waals surface area contributed by atoms with Gasteiger partial charge in [0.2, 0.25) is 5.96 Å². The lowest BCUT2D eigenvalue weighted by Crippen LogP contribution is -2.25. The van der Waals surface area contributed by atoms with Crippen LogP contribution in [-0.2, 0) is 0 Å². The van der Waals surface area contributed by atoms with Crippen LogP contribution < -0.4 is 16.1 Å². The first-order valence-electron chi connectivity index (χ1n) is 6.06. The highest BCUT2D eigenvalue weighted by atomic mass is 79.9. The second kappa shape index (κ2) is 5.32. The summed E-state index contributed by atoms with van der Waals surface area (Å²) in [6.45, 7) is 0. The Labute approximate surface area is 121 Å². The predicted molar refractivity (Wildman–Crippen MR) is 86.3 cm³/mol. The Hall–Kier alpha value is -1.37. The summed E-state index contributed by atoms with van der Waals surface area (Å²) in [4.78, 5) is 0. The van der Waals surface area contributed by atoms with Gasteiger partial charge in [-0.2, -0.15) is 0 Å². The average molecular weight is 332 g/mol. The summed E-state index contributed by atoms with van der Waals surface area (Å²) in [7, 11) is 0. The lowest BCUT2D eigenvalue weighted by molar-refractivity contribution is 0.603. The van der Waals surface area contributed by atoms with Crippen LogP contribution in [0.1, 0.15) is 0 Å². The zero-order chi connectivity index (χ0) is 13.1. The van der Waals surface area contributed by atoms with E-state index in [9.17, 15) is 0 Å². The van der Waals surface area contributed by atoms with Gasteiger partial charge in [0.15, 0.2) is 15.5 Å². The highest BCUT2D eigenvalue weighted by molar-refractivity contribution is 9.44. The maximum atomic E-state index is 5.71. The summed E-state index contributed by atoms with van der Waals surface area (Å²) >= 11 is 4.01. The number of hydrogen-bond acceptors (Lipinski definition) is 1. The number of benzene rings is 2. The van der Waals surface area contributed by atoms with Crippen LogP contribution in [0.25, 0.3) is 0 Å². The molecule has 0 aliphatic heterocycles. The van der Waals surface area contributed by atoms with Crippen molar-refractivity contribution in [1.29, 1.82) is 0 Å². The van der Waals surface area contributed by atoms with Crippen LogP contribution in [0.4, 0.5) is 0 Å². The second-order valence-corrected chi connectivity index (χ2v) is 10.1. The van der Waals surface area contributed by atoms with Crippen molar-refractivity contribution in [3.05, 3.63) is 79.1 Å². The molecule has 0 radical (unpaired) electrons. The molecule has 0 unspecified atom stereocenters. The summed E-state index contributed by atoms with van der Waals surface area (Å²) in [5.41, 5.74) is 0.991. The SMILES string of the molecule is Br[P+](c1ccccc1)(c1ccccc1)c1ccco1. The molecule has 1 heterocycles. The molecule has 0 N–H and O–H groups in total. The molecule has 1 nitrogen and oxygen atoms in total. The van der Waals surface area contributed by atoms with E-state index in [4.69, 9.17) is 4.42 Å². The molecule has 0 atom stereocenters. The molecule has 0 amide bonds. The maximum absolute atomic E-state index is 5.71. The van der Waals surface area contributed by atoms with Gasteiger partial charge in [-0.3, -0.25) is 0 Å². The van der Waals surface area contributed by atoms with Gasteiger partial charge in [-0.1, -0.05) is 36.4 Å². The summed E-state index contributed by atoms with van der Waals surface area (Å²) in [5.74, 6) is -1.83. The molecular formula is C16H13BrOP+. The average Bonchev–Trinajstić information content (AvgIpc) is 3.03. The summed E-state index contributed by atoms with van der Waals surface area (Å²) in [6, 6.07) is 24.9. The summed E-state index contributed by atoms with van der Waals surface area (Å²) < 4.78 is 5.71. The van der Waals surface area contributed by atoms with Gasteiger partial charge in [0.1, 0.15) is 10.6 Å². The summed E-state index contributed by atoms with van der Waals surface area (Å²) in [5, 5.41) is 2.52. The predicted octanol–water partition coefficient (Wildman–Crippen LogP) is 3.88. The molecule has 19 heavy (non-hydrogen) atoms. The van der Waals surface area contributed by atoms with Crippen molar-refractivity contribution in [1.82, 2.24) is 0 Å². The first kappa shape index (κ1) is 12.7. The molecule has 1 aromatic heterocycles. The molecular weight excluding hydrogens is 319 g/mol. The van der Waals surface area contributed by atoms with Crippen molar-refractivity contribution in [3.63, 3.8) is 0 Å². The second-order valence-electron chi connectivity index (χ2n) is 4.21. The van der Waals surface area contributed by atoms with E-state index in [2.05, 4.69) is 64.0 Å². The molecule has 0 bridgehead atoms. The van der Waals surface area contributed by atoms with E-state index in [1.165, 1.54) is 10.6 Å². The van der Waals surface area contributed by atoms with Crippen LogP contribution in [0.2, 0.25) is 0 Å². The van der Waals surface area contributed by atoms with E-state index in [0.717, 1.165) is 5.50 Å². The minimum absolute atomic E-state index is 0.991. The molecule has 0 aliphatic carbocycles. The smallest absolute Gasteiger partial charge is 0.267 e. The minimum atomic E-state index is -1.83. The summed E-state index contributed by atoms with van der Waals surface area (Å²) in [6.07, 6.45) is 1.73. The van der Waals surface area contributed by atoms with Crippen LogP contribution in [0.3, 0.4) is 0 Å². The first-order valence-corrected chi connectivity index (χ1v) is 9.86. The fraction of sp³-hybridized carbons (Fsp3) is 0. The van der Waals surface area contributed by atoms with E-state index in [0.29, 0.717) is 0 Å². The molecule has 3 aromatic rings. The lowest BCUT2D eigenvalue weighted by atomic mass is 10.4. The molecule has 0 saturated carbocycles. The van der Waals surface area contributed by atoms with Crippen molar-refractivity contribution in [2.45, 2.75) is 0 Å². The standard InChI is InChI=1S/C16H13BrOP/c17-19(16-12-7-13-18-16,14-8-3-1-4-9-14)15-10-5-2-6-11-15/h1-13H/q+1. The zero-order valence-corrected chi connectivity index (χ0v) is 12.7. The van der Waals surface area contributed by atoms with Crippen molar-refractivity contribution >= 4 is 37.6 Å². The highest BCUT2D eigenvalue weighted by Crippen LogP contribution is 2.62. The van der Waals surface area contributed by atoms with Gasteiger partial charge in [0.25, 0.3) is 5.50 Å². The monoisotopic (exact) mass is 331 g/mol. The first-order chi connectivity index (χ1) is 9.32. The Balaban J connectivity index is 2.23. The van der Waals surface area contributed by atoms with Crippen molar-refractivity contribution in [2.24, 2.45) is 0 Å². The van der Waals surface area contributed by atoms with Crippen molar-refractivity contribution in [3.8, 4) is 0 Å². The third-order valence-corrected chi connectivity index (χ3v) is 9.42. The molecule has 0 spiro atoms. The van der Waals surface area contributed by atoms with Gasteiger partial charge in [-0.15, -0.1) is 0 Å². The molecule has 94 valence electrons. The van der Waals surface area contributed by atoms with Gasteiger partial charge < -0.3 is 4.42 Å². The molecule has 3 heteroatoms. The van der Waals surface area contributed by atoms with Crippen molar-refractivity contribution < 1.29 is 4.42 Å². The largest absolute Gasteiger partial charge is 0.434 e. The maximum Gasteiger partial charge on any atom is 0.267 e. The zero-order valence-electron chi connectivity index (χ0n) is 10.2. The normalized spacial score (nSPS) is 11.4. The molecule has 2 aromatic carbocycles. The van der Waals surface area contributed by atoms with E-state index >= 15 is 0 Å². The Morgan fingerprint density at radius 3 is 1.63 bits per heavy atom. The van der Waals surface area contributed by atoms with Gasteiger partial charge in [0, 0.05) is 6.07 Å². The van der Waals surface area contributed by atoms with E-state index in [1.807, 2.05) is 24.3 Å². The van der Waals surface area contributed by atoms with Gasteiger partial charge in [0.05, 0.1) is 6.26 Å². The van der Waals surface area contributed by atoms with Crippen LogP contribution >= 0.6 is 21.5 Å². The number of furan rings is 1. The van der Waals surface area contributed by atoms with Crippen LogP contribution in [0.5, 0.6) is 0 Å². The van der Waals surface area contributed by atoms with E-state index in [1.54, 1.807) is 6.26 Å². The van der Waals surface area contributed by atoms with Crippen LogP contribution in [-0.4, -0.2) is 0 Å². The number of halogens is 1. The van der Waals surface area contributed by atoms with Crippen LogP contribution in [0.15, 0.2) is 83.5 Å². The Kier molecular flexibility index (Phi) is 3.54. The lowest BCUT2D eigenvalue weighted by Gasteiger charge is -2.16. The minimum Gasteiger partial charge on any atom is -0.434 e. The Morgan fingerprint density at radius 2 is 1.21 bits per heavy atom. The fourth-order valence-electron chi connectivity index (χ4n) is 2.12. The molecule has 0 aliphatic rings. The third kappa shape index (κ3) is 2.27. The molecule has 3 rings (SSSR count). The van der Waals surface area contributed by atoms with Gasteiger partial charge in [-0.25, -0.2) is 0 Å². The Bertz CT molecular complexity index is 596. The quantitative estimate of drug-likeness (QED) is 0.664.